The van der Waals surface area contributed by atoms with Crippen LogP contribution < -0.4 is 31.1 Å². The van der Waals surface area contributed by atoms with E-state index in [2.05, 4.69) is 15.0 Å². The Labute approximate surface area is 459 Å². The molecule has 3 aromatic rings. The molecule has 2 atom stereocenters. The van der Waals surface area contributed by atoms with Crippen molar-refractivity contribution in [2.45, 2.75) is 87.1 Å². The molecule has 4 aliphatic rings. The second kappa shape index (κ2) is 26.8. The van der Waals surface area contributed by atoms with Crippen LogP contribution in [0.25, 0.3) is 5.57 Å². The van der Waals surface area contributed by atoms with Gasteiger partial charge in [0.1, 0.15) is 10.7 Å². The van der Waals surface area contributed by atoms with E-state index in [4.69, 9.17) is 53.2 Å². The standard InChI is InChI=1S/C53H71N5O19S2/c1-33-52(3,4)39-31-37-44(35-9-7-8-10-36(35)51(61)62)38-32-40-46(57-34(2)53(40,5)6)50(79(65,66)67)48(38)76-47(37)49(45(39)56-33)78(63,64)55-14-16-69-18-20-71-22-24-73-26-28-75-30-29-74-27-25-72-23-21-70-19-17-68-15-13-43(60)77-58-41(54)11-12-42(58)59/h7-11,31-34,55-56H,12-30,54H2,1-6H3,(H,61,62)(H,65,66,67). The van der Waals surface area contributed by atoms with Crippen LogP contribution in [0.3, 0.4) is 0 Å². The lowest BCUT2D eigenvalue weighted by Gasteiger charge is -2.29. The molecule has 434 valence electrons. The number of hydrogen-bond donors (Lipinski definition) is 5. The summed E-state index contributed by atoms with van der Waals surface area (Å²) in [5, 5.41) is 14.7. The van der Waals surface area contributed by atoms with Crippen molar-refractivity contribution in [3.63, 3.8) is 0 Å². The summed E-state index contributed by atoms with van der Waals surface area (Å²) in [5.74, 6) is -2.86. The molecule has 0 spiro atoms. The first kappa shape index (κ1) is 61.0. The molecule has 0 fully saturated rings. The first-order valence-corrected chi connectivity index (χ1v) is 28.9. The average molecular weight is 1150 g/mol. The lowest BCUT2D eigenvalue weighted by atomic mass is 9.78. The number of amides is 1. The van der Waals surface area contributed by atoms with Crippen molar-refractivity contribution < 1.29 is 88.3 Å². The number of sulfonamides is 1. The molecule has 3 aromatic carbocycles. The van der Waals surface area contributed by atoms with Crippen LogP contribution in [0, 0.1) is 0 Å². The summed E-state index contributed by atoms with van der Waals surface area (Å²) in [5.41, 5.74) is 5.98. The molecule has 2 unspecified atom stereocenters. The molecule has 6 N–H and O–H groups in total. The first-order chi connectivity index (χ1) is 37.6. The second-order valence-electron chi connectivity index (χ2n) is 19.9. The van der Waals surface area contributed by atoms with Crippen LogP contribution in [-0.2, 0) is 83.3 Å². The van der Waals surface area contributed by atoms with Crippen molar-refractivity contribution in [3.8, 4) is 11.5 Å². The number of carbonyl (C=O) groups excluding carboxylic acids is 2. The third kappa shape index (κ3) is 14.5. The van der Waals surface area contributed by atoms with Gasteiger partial charge in [-0.3, -0.25) is 14.3 Å². The molecule has 0 aliphatic carbocycles. The van der Waals surface area contributed by atoms with Crippen LogP contribution in [0.2, 0.25) is 0 Å². The number of anilines is 1. The predicted octanol–water partition coefficient (Wildman–Crippen LogP) is 2.67. The van der Waals surface area contributed by atoms with Crippen molar-refractivity contribution in [3.05, 3.63) is 86.7 Å². The second-order valence-corrected chi connectivity index (χ2v) is 23.0. The van der Waals surface area contributed by atoms with Gasteiger partial charge < -0.3 is 63.6 Å². The lowest BCUT2D eigenvalue weighted by molar-refractivity contribution is -0.189. The molecule has 0 radical (unpaired) electrons. The highest BCUT2D eigenvalue weighted by Crippen LogP contribution is 2.53. The summed E-state index contributed by atoms with van der Waals surface area (Å²) in [4.78, 5) is 44.8. The molecule has 26 heteroatoms. The van der Waals surface area contributed by atoms with Gasteiger partial charge in [0, 0.05) is 39.8 Å². The summed E-state index contributed by atoms with van der Waals surface area (Å²) in [6.45, 7) is 15.8. The van der Waals surface area contributed by atoms with Gasteiger partial charge in [-0.1, -0.05) is 45.9 Å². The van der Waals surface area contributed by atoms with Crippen LogP contribution in [0.4, 0.5) is 5.69 Å². The number of hydrogen-bond acceptors (Lipinski definition) is 20. The Hall–Kier alpha value is -5.62. The molecular formula is C53H71N5O19S2. The van der Waals surface area contributed by atoms with E-state index in [1.165, 1.54) is 12.1 Å². The van der Waals surface area contributed by atoms with Crippen LogP contribution in [0.5, 0.6) is 11.5 Å². The minimum Gasteiger partial charge on any atom is -0.478 e. The normalized spacial score (nSPS) is 17.8. The SMILES string of the molecule is CC1N=c2c(cc3c(c2S(=O)(=O)O)Oc2c(cc4c(c2S(=O)(=O)NCCOCCOCCOCCOCCOCCOCCOCCOCCC(=O)ON2C(=O)CC=C2N)NC(C)C4(C)C)C=3c2ccccc2C(=O)O)C1(C)C. The zero-order chi connectivity index (χ0) is 57.1. The molecule has 4 heterocycles. The van der Waals surface area contributed by atoms with E-state index < -0.39 is 59.8 Å². The van der Waals surface area contributed by atoms with Gasteiger partial charge in [0.25, 0.3) is 16.0 Å². The monoisotopic (exact) mass is 1150 g/mol. The van der Waals surface area contributed by atoms with Crippen molar-refractivity contribution in [1.82, 2.24) is 9.79 Å². The smallest absolute Gasteiger partial charge is 0.336 e. The number of carboxylic acids is 1. The summed E-state index contributed by atoms with van der Waals surface area (Å²) < 4.78 is 121. The fraction of sp³-hybridized carbons (Fsp3) is 0.547. The number of nitrogens with zero attached hydrogens (tertiary/aromatic N) is 2. The number of nitrogens with two attached hydrogens (primary N) is 1. The van der Waals surface area contributed by atoms with Crippen LogP contribution in [0.15, 0.2) is 63.1 Å². The lowest BCUT2D eigenvalue weighted by Crippen LogP contribution is -2.34. The molecule has 0 saturated carbocycles. The minimum absolute atomic E-state index is 0.0231. The molecule has 1 amide bonds. The van der Waals surface area contributed by atoms with Gasteiger partial charge in [-0.05, 0) is 54.8 Å². The van der Waals surface area contributed by atoms with E-state index in [-0.39, 0.29) is 126 Å². The highest BCUT2D eigenvalue weighted by Gasteiger charge is 2.46. The maximum atomic E-state index is 14.7. The van der Waals surface area contributed by atoms with Gasteiger partial charge >= 0.3 is 11.9 Å². The molecular weight excluding hydrogens is 1070 g/mol. The highest BCUT2D eigenvalue weighted by molar-refractivity contribution is 7.89. The third-order valence-corrected chi connectivity index (χ3v) is 16.5. The minimum atomic E-state index is -5.10. The number of rotatable bonds is 33. The zero-order valence-corrected chi connectivity index (χ0v) is 46.9. The van der Waals surface area contributed by atoms with Crippen molar-refractivity contribution in [1.29, 1.82) is 0 Å². The van der Waals surface area contributed by atoms with Crippen molar-refractivity contribution in [2.75, 3.05) is 118 Å². The molecule has 7 rings (SSSR count). The quantitative estimate of drug-likeness (QED) is 0.0338. The fourth-order valence-corrected chi connectivity index (χ4v) is 11.2. The van der Waals surface area contributed by atoms with Crippen LogP contribution >= 0.6 is 0 Å². The molecule has 0 saturated heterocycles. The number of carbonyl (C=O) groups is 3. The summed E-state index contributed by atoms with van der Waals surface area (Å²) >= 11 is 0. The number of fused-ring (bicyclic) bond motifs is 4. The van der Waals surface area contributed by atoms with E-state index >= 15 is 0 Å². The Morgan fingerprint density at radius 2 is 1.28 bits per heavy atom. The van der Waals surface area contributed by atoms with E-state index in [1.54, 1.807) is 30.3 Å². The number of nitrogens with one attached hydrogen (secondary N) is 2. The van der Waals surface area contributed by atoms with E-state index in [0.717, 1.165) is 5.06 Å². The number of hydroxylamine groups is 2. The Balaban J connectivity index is 0.819. The summed E-state index contributed by atoms with van der Waals surface area (Å²) in [6, 6.07) is 8.91. The summed E-state index contributed by atoms with van der Waals surface area (Å²) in [7, 11) is -9.64. The van der Waals surface area contributed by atoms with Gasteiger partial charge in [-0.15, -0.1) is 5.06 Å². The number of benzene rings is 3. The zero-order valence-electron chi connectivity index (χ0n) is 45.3. The van der Waals surface area contributed by atoms with E-state index in [0.29, 0.717) is 77.2 Å². The van der Waals surface area contributed by atoms with Gasteiger partial charge in [-0.2, -0.15) is 8.42 Å². The molecule has 4 aliphatic heterocycles. The Kier molecular flexibility index (Phi) is 20.7. The maximum Gasteiger partial charge on any atom is 0.336 e. The van der Waals surface area contributed by atoms with Gasteiger partial charge in [0.15, 0.2) is 16.4 Å². The van der Waals surface area contributed by atoms with Gasteiger partial charge in [0.05, 0.1) is 141 Å². The van der Waals surface area contributed by atoms with Crippen LogP contribution in [0.1, 0.15) is 87.0 Å². The number of ether oxygens (including phenoxy) is 9. The number of aromatic carboxylic acids is 1. The van der Waals surface area contributed by atoms with Gasteiger partial charge in [0.2, 0.25) is 10.0 Å². The molecule has 79 heavy (non-hydrogen) atoms. The third-order valence-electron chi connectivity index (χ3n) is 14.1. The molecule has 24 nitrogen and oxygen atoms in total. The van der Waals surface area contributed by atoms with Crippen molar-refractivity contribution in [2.24, 2.45) is 10.7 Å². The topological polar surface area (TPSA) is 318 Å². The fourth-order valence-electron chi connectivity index (χ4n) is 9.12. The summed E-state index contributed by atoms with van der Waals surface area (Å²) in [6.07, 6.45) is 1.52. The predicted molar refractivity (Wildman–Crippen MR) is 283 cm³/mol. The maximum absolute atomic E-state index is 14.7. The van der Waals surface area contributed by atoms with E-state index in [1.807, 2.05) is 41.5 Å². The Bertz CT molecular complexity index is 3110. The number of carboxylic acid groups (broad SMARTS) is 1. The van der Waals surface area contributed by atoms with Gasteiger partial charge in [-0.25, -0.2) is 22.7 Å². The Morgan fingerprint density at radius 3 is 1.80 bits per heavy atom. The van der Waals surface area contributed by atoms with Crippen LogP contribution in [-0.4, -0.2) is 174 Å². The Morgan fingerprint density at radius 1 is 0.747 bits per heavy atom. The van der Waals surface area contributed by atoms with Crippen molar-refractivity contribution >= 4 is 49.2 Å². The first-order valence-electron chi connectivity index (χ1n) is 25.9. The average Bonchev–Trinajstić information content (AvgIpc) is 3.65. The largest absolute Gasteiger partial charge is 0.478 e. The van der Waals surface area contributed by atoms with E-state index in [9.17, 15) is 40.9 Å². The molecule has 0 bridgehead atoms. The highest BCUT2D eigenvalue weighted by atomic mass is 32.2. The molecule has 0 aromatic heterocycles.